The molecule has 220 valence electrons. The Bertz CT molecular complexity index is 1570. The van der Waals surface area contributed by atoms with Crippen molar-refractivity contribution in [3.05, 3.63) is 42.1 Å². The lowest BCUT2D eigenvalue weighted by atomic mass is 10.1. The lowest BCUT2D eigenvalue weighted by Crippen LogP contribution is -2.47. The van der Waals surface area contributed by atoms with Crippen LogP contribution in [0.15, 0.2) is 41.2 Å². The molecule has 3 aromatic heterocycles. The van der Waals surface area contributed by atoms with E-state index >= 15 is 0 Å². The van der Waals surface area contributed by atoms with Gasteiger partial charge in [-0.15, -0.1) is 0 Å². The number of pyridine rings is 1. The molecule has 0 spiro atoms. The molecule has 1 aromatic carbocycles. The Balaban J connectivity index is 1.16. The molecule has 0 atom stereocenters. The van der Waals surface area contributed by atoms with Crippen LogP contribution in [-0.2, 0) is 4.79 Å². The summed E-state index contributed by atoms with van der Waals surface area (Å²) in [6, 6.07) is 8.85. The van der Waals surface area contributed by atoms with E-state index in [1.807, 2.05) is 18.0 Å². The van der Waals surface area contributed by atoms with Gasteiger partial charge in [-0.2, -0.15) is 0 Å². The van der Waals surface area contributed by atoms with Crippen LogP contribution in [0, 0.1) is 0 Å². The fraction of sp³-hybridized carbons (Fsp3) is 0.429. The lowest BCUT2D eigenvalue weighted by molar-refractivity contribution is -0.132. The topological polar surface area (TPSA) is 170 Å². The van der Waals surface area contributed by atoms with Gasteiger partial charge in [0.05, 0.1) is 11.7 Å². The van der Waals surface area contributed by atoms with E-state index in [0.29, 0.717) is 47.3 Å². The van der Waals surface area contributed by atoms with Gasteiger partial charge in [0.15, 0.2) is 17.3 Å². The van der Waals surface area contributed by atoms with Gasteiger partial charge in [-0.3, -0.25) is 9.59 Å². The van der Waals surface area contributed by atoms with Crippen molar-refractivity contribution in [2.75, 3.05) is 58.6 Å². The van der Waals surface area contributed by atoms with Crippen molar-refractivity contribution in [3.8, 4) is 23.1 Å². The summed E-state index contributed by atoms with van der Waals surface area (Å²) in [5.74, 6) is 1.33. The second-order valence-electron chi connectivity index (χ2n) is 10.6. The predicted octanol–water partition coefficient (Wildman–Crippen LogP) is 1.67. The highest BCUT2D eigenvalue weighted by molar-refractivity contribution is 5.94. The molecule has 0 aliphatic carbocycles. The Kier molecular flexibility index (Phi) is 7.97. The van der Waals surface area contributed by atoms with Crippen LogP contribution in [0.5, 0.6) is 11.6 Å². The molecule has 0 unspecified atom stereocenters. The number of amides is 2. The first-order valence-electron chi connectivity index (χ1n) is 14.2. The summed E-state index contributed by atoms with van der Waals surface area (Å²) in [5, 5.41) is 13.9. The molecule has 4 aromatic rings. The van der Waals surface area contributed by atoms with E-state index in [0.717, 1.165) is 44.5 Å². The zero-order valence-corrected chi connectivity index (χ0v) is 23.5. The number of anilines is 1. The third-order valence-electron chi connectivity index (χ3n) is 7.75. The maximum Gasteiger partial charge on any atom is 0.251 e. The van der Waals surface area contributed by atoms with Gasteiger partial charge >= 0.3 is 0 Å². The minimum Gasteiger partial charge on any atom is -0.439 e. The molecular weight excluding hydrogens is 540 g/mol. The van der Waals surface area contributed by atoms with Crippen LogP contribution < -0.4 is 21.1 Å². The Labute approximate surface area is 242 Å². The normalized spacial score (nSPS) is 16.5. The van der Waals surface area contributed by atoms with Crippen molar-refractivity contribution in [3.63, 3.8) is 0 Å². The third-order valence-corrected chi connectivity index (χ3v) is 7.75. The van der Waals surface area contributed by atoms with E-state index < -0.39 is 0 Å². The SMILES string of the molecule is CN1CCN(C(=O)CCNC(=O)c2cccc(Oc3cc4c(cn3)nc(-c3nonc3N)n4C3CCNCC3)c2)CC1. The van der Waals surface area contributed by atoms with Crippen LogP contribution in [0.25, 0.3) is 22.6 Å². The Morgan fingerprint density at radius 3 is 2.71 bits per heavy atom. The molecule has 6 rings (SSSR count). The Morgan fingerprint density at radius 2 is 1.95 bits per heavy atom. The number of likely N-dealkylation sites (N-methyl/N-ethyl adjacent to an activating group) is 1. The molecule has 2 aliphatic heterocycles. The molecule has 42 heavy (non-hydrogen) atoms. The summed E-state index contributed by atoms with van der Waals surface area (Å²) >= 11 is 0. The fourth-order valence-corrected chi connectivity index (χ4v) is 5.41. The van der Waals surface area contributed by atoms with Crippen molar-refractivity contribution in [1.82, 2.24) is 45.3 Å². The number of nitrogens with two attached hydrogens (primary N) is 1. The number of fused-ring (bicyclic) bond motifs is 1. The van der Waals surface area contributed by atoms with Gasteiger partial charge in [0.2, 0.25) is 11.8 Å². The van der Waals surface area contributed by atoms with E-state index in [2.05, 4.69) is 35.4 Å². The number of ether oxygens (including phenoxy) is 1. The van der Waals surface area contributed by atoms with Crippen LogP contribution in [0.4, 0.5) is 5.82 Å². The fourth-order valence-electron chi connectivity index (χ4n) is 5.41. The van der Waals surface area contributed by atoms with Gasteiger partial charge in [0.1, 0.15) is 11.3 Å². The number of rotatable bonds is 8. The van der Waals surface area contributed by atoms with Gasteiger partial charge in [-0.25, -0.2) is 14.6 Å². The number of carbonyl (C=O) groups excluding carboxylic acids is 2. The average Bonchev–Trinajstić information content (AvgIpc) is 3.60. The van der Waals surface area contributed by atoms with Crippen molar-refractivity contribution >= 4 is 28.7 Å². The van der Waals surface area contributed by atoms with Crippen LogP contribution in [0.3, 0.4) is 0 Å². The highest BCUT2D eigenvalue weighted by Crippen LogP contribution is 2.34. The first-order chi connectivity index (χ1) is 20.5. The number of piperidine rings is 1. The molecule has 0 bridgehead atoms. The van der Waals surface area contributed by atoms with E-state index in [1.54, 1.807) is 30.5 Å². The van der Waals surface area contributed by atoms with Crippen LogP contribution in [0.1, 0.15) is 35.7 Å². The highest BCUT2D eigenvalue weighted by atomic mass is 16.6. The summed E-state index contributed by atoms with van der Waals surface area (Å²) in [4.78, 5) is 38.6. The van der Waals surface area contributed by atoms with Crippen molar-refractivity contribution in [2.24, 2.45) is 0 Å². The molecule has 4 N–H and O–H groups in total. The average molecular weight is 575 g/mol. The van der Waals surface area contributed by atoms with E-state index in [1.165, 1.54) is 0 Å². The molecule has 14 heteroatoms. The summed E-state index contributed by atoms with van der Waals surface area (Å²) in [6.07, 6.45) is 3.71. The molecule has 14 nitrogen and oxygen atoms in total. The van der Waals surface area contributed by atoms with Crippen LogP contribution >= 0.6 is 0 Å². The first-order valence-corrected chi connectivity index (χ1v) is 14.2. The molecule has 5 heterocycles. The zero-order chi connectivity index (χ0) is 29.1. The molecule has 0 saturated carbocycles. The third kappa shape index (κ3) is 5.90. The van der Waals surface area contributed by atoms with Gasteiger partial charge < -0.3 is 35.5 Å². The number of carbonyl (C=O) groups is 2. The minimum absolute atomic E-state index is 0.0522. The molecule has 0 radical (unpaired) electrons. The van der Waals surface area contributed by atoms with Crippen LogP contribution in [-0.4, -0.2) is 99.3 Å². The second kappa shape index (κ2) is 12.1. The smallest absolute Gasteiger partial charge is 0.251 e. The van der Waals surface area contributed by atoms with Gasteiger partial charge in [0, 0.05) is 56.8 Å². The summed E-state index contributed by atoms with van der Waals surface area (Å²) in [6.45, 7) is 5.18. The number of imidazole rings is 1. The Hall–Kier alpha value is -4.56. The quantitative estimate of drug-likeness (QED) is 0.280. The van der Waals surface area contributed by atoms with Crippen molar-refractivity contribution in [2.45, 2.75) is 25.3 Å². The number of nitrogen functional groups attached to an aromatic ring is 1. The maximum atomic E-state index is 12.8. The van der Waals surface area contributed by atoms with Gasteiger partial charge in [-0.05, 0) is 61.5 Å². The lowest BCUT2D eigenvalue weighted by Gasteiger charge is -2.32. The number of hydrogen-bond acceptors (Lipinski definition) is 11. The molecule has 2 saturated heterocycles. The number of piperazine rings is 1. The molecular formula is C28H34N10O4. The summed E-state index contributed by atoms with van der Waals surface area (Å²) in [7, 11) is 2.05. The van der Waals surface area contributed by atoms with E-state index in [9.17, 15) is 9.59 Å². The minimum atomic E-state index is -0.275. The number of aromatic nitrogens is 5. The number of nitrogens with zero attached hydrogens (tertiary/aromatic N) is 7. The summed E-state index contributed by atoms with van der Waals surface area (Å²) < 4.78 is 13.1. The van der Waals surface area contributed by atoms with Gasteiger partial charge in [0.25, 0.3) is 5.91 Å². The maximum absolute atomic E-state index is 12.8. The van der Waals surface area contributed by atoms with E-state index in [4.69, 9.17) is 20.1 Å². The zero-order valence-electron chi connectivity index (χ0n) is 23.5. The monoisotopic (exact) mass is 574 g/mol. The predicted molar refractivity (Wildman–Crippen MR) is 154 cm³/mol. The number of hydrogen-bond donors (Lipinski definition) is 3. The standard InChI is InChI=1S/C28H34N10O4/c1-36-11-13-37(14-12-36)24(39)7-10-31-28(40)18-3-2-4-20(15-18)41-23-16-22-21(17-32-23)33-27(25-26(29)35-42-34-25)38(22)19-5-8-30-9-6-19/h2-4,15-17,19,30H,5-14H2,1H3,(H2,29,35)(H,31,40). The summed E-state index contributed by atoms with van der Waals surface area (Å²) in [5.41, 5.74) is 8.32. The van der Waals surface area contributed by atoms with Gasteiger partial charge in [-0.1, -0.05) is 6.07 Å². The Morgan fingerprint density at radius 1 is 1.14 bits per heavy atom. The van der Waals surface area contributed by atoms with Crippen molar-refractivity contribution < 1.29 is 19.0 Å². The largest absolute Gasteiger partial charge is 0.439 e. The molecule has 2 aliphatic rings. The van der Waals surface area contributed by atoms with E-state index in [-0.39, 0.29) is 36.6 Å². The molecule has 2 fully saturated rings. The first kappa shape index (κ1) is 27.6. The molecule has 2 amide bonds. The number of nitrogens with one attached hydrogen (secondary N) is 2. The van der Waals surface area contributed by atoms with Crippen molar-refractivity contribution in [1.29, 1.82) is 0 Å². The number of benzene rings is 1. The second-order valence-corrected chi connectivity index (χ2v) is 10.6. The highest BCUT2D eigenvalue weighted by Gasteiger charge is 2.26. The van der Waals surface area contributed by atoms with Crippen LogP contribution in [0.2, 0.25) is 0 Å².